The van der Waals surface area contributed by atoms with Gasteiger partial charge in [-0.1, -0.05) is 25.7 Å². The normalized spacial score (nSPS) is 21.5. The Hall–Kier alpha value is -0.910. The second kappa shape index (κ2) is 7.76. The van der Waals surface area contributed by atoms with E-state index in [4.69, 9.17) is 0 Å². The van der Waals surface area contributed by atoms with Crippen molar-refractivity contribution in [3.8, 4) is 0 Å². The van der Waals surface area contributed by atoms with Gasteiger partial charge in [-0.25, -0.2) is 0 Å². The largest absolute Gasteiger partial charge is 0.481 e. The van der Waals surface area contributed by atoms with Gasteiger partial charge in [0.15, 0.2) is 0 Å². The fourth-order valence-corrected chi connectivity index (χ4v) is 3.69. The van der Waals surface area contributed by atoms with Crippen LogP contribution < -0.4 is 5.32 Å². The van der Waals surface area contributed by atoms with E-state index in [0.717, 1.165) is 25.7 Å². The summed E-state index contributed by atoms with van der Waals surface area (Å²) < 4.78 is 11.1. The molecule has 2 unspecified atom stereocenters. The summed E-state index contributed by atoms with van der Waals surface area (Å²) in [5, 5.41) is 12.3. The number of rotatable bonds is 6. The summed E-state index contributed by atoms with van der Waals surface area (Å²) in [6, 6.07) is -0.190. The molecule has 20 heavy (non-hydrogen) atoms. The SMILES string of the molecule is CC(CS(C)=O)NC(=O)CC1(C(=O)O)CCCCCC1. The zero-order valence-corrected chi connectivity index (χ0v) is 13.1. The van der Waals surface area contributed by atoms with Crippen LogP contribution in [0.4, 0.5) is 0 Å². The van der Waals surface area contributed by atoms with Crippen molar-refractivity contribution in [2.45, 2.75) is 57.9 Å². The lowest BCUT2D eigenvalue weighted by Crippen LogP contribution is -2.41. The first-order valence-corrected chi connectivity index (χ1v) is 8.91. The second-order valence-electron chi connectivity index (χ2n) is 5.88. The molecule has 0 aromatic rings. The van der Waals surface area contributed by atoms with Crippen LogP contribution >= 0.6 is 0 Å². The molecule has 1 amide bonds. The molecular weight excluding hydrogens is 278 g/mol. The number of carboxylic acid groups (broad SMARTS) is 1. The Morgan fingerprint density at radius 2 is 1.80 bits per heavy atom. The summed E-state index contributed by atoms with van der Waals surface area (Å²) >= 11 is 0. The number of carbonyl (C=O) groups excluding carboxylic acids is 1. The minimum Gasteiger partial charge on any atom is -0.481 e. The predicted molar refractivity (Wildman–Crippen MR) is 78.9 cm³/mol. The maximum Gasteiger partial charge on any atom is 0.310 e. The van der Waals surface area contributed by atoms with Crippen LogP contribution in [0, 0.1) is 5.41 Å². The quantitative estimate of drug-likeness (QED) is 0.731. The molecule has 1 fully saturated rings. The molecule has 2 N–H and O–H groups in total. The van der Waals surface area contributed by atoms with Crippen LogP contribution in [-0.2, 0) is 20.4 Å². The third-order valence-corrected chi connectivity index (χ3v) is 4.87. The number of amides is 1. The molecule has 0 heterocycles. The number of carboxylic acids is 1. The summed E-state index contributed by atoms with van der Waals surface area (Å²) in [7, 11) is -0.972. The maximum atomic E-state index is 12.1. The molecule has 0 aromatic carbocycles. The van der Waals surface area contributed by atoms with Gasteiger partial charge in [0.25, 0.3) is 0 Å². The first-order valence-electron chi connectivity index (χ1n) is 7.18. The summed E-state index contributed by atoms with van der Waals surface area (Å²) in [5.41, 5.74) is -0.911. The van der Waals surface area contributed by atoms with Gasteiger partial charge in [-0.2, -0.15) is 0 Å². The van der Waals surface area contributed by atoms with Crippen LogP contribution in [0.15, 0.2) is 0 Å². The van der Waals surface area contributed by atoms with Gasteiger partial charge >= 0.3 is 5.97 Å². The molecule has 0 aliphatic heterocycles. The predicted octanol–water partition coefficient (Wildman–Crippen LogP) is 1.68. The van der Waals surface area contributed by atoms with Crippen molar-refractivity contribution in [3.63, 3.8) is 0 Å². The molecule has 1 aliphatic rings. The topological polar surface area (TPSA) is 83.5 Å². The summed E-state index contributed by atoms with van der Waals surface area (Å²) in [6.45, 7) is 1.79. The fourth-order valence-electron chi connectivity index (χ4n) is 2.90. The Morgan fingerprint density at radius 1 is 1.25 bits per heavy atom. The van der Waals surface area contributed by atoms with Crippen LogP contribution in [0.5, 0.6) is 0 Å². The van der Waals surface area contributed by atoms with Crippen molar-refractivity contribution in [1.29, 1.82) is 0 Å². The van der Waals surface area contributed by atoms with E-state index in [1.165, 1.54) is 0 Å². The van der Waals surface area contributed by atoms with E-state index in [1.54, 1.807) is 13.2 Å². The van der Waals surface area contributed by atoms with Gasteiger partial charge in [-0.3, -0.25) is 13.8 Å². The summed E-state index contributed by atoms with van der Waals surface area (Å²) in [4.78, 5) is 23.7. The van der Waals surface area contributed by atoms with Gasteiger partial charge in [0.1, 0.15) is 0 Å². The van der Waals surface area contributed by atoms with Crippen molar-refractivity contribution in [2.24, 2.45) is 5.41 Å². The third-order valence-electron chi connectivity index (χ3n) is 3.91. The molecule has 0 aromatic heterocycles. The molecule has 1 saturated carbocycles. The van der Waals surface area contributed by atoms with Crippen LogP contribution in [0.3, 0.4) is 0 Å². The van der Waals surface area contributed by atoms with Crippen LogP contribution in [0.25, 0.3) is 0 Å². The van der Waals surface area contributed by atoms with E-state index < -0.39 is 22.2 Å². The van der Waals surface area contributed by atoms with E-state index >= 15 is 0 Å². The fraction of sp³-hybridized carbons (Fsp3) is 0.857. The van der Waals surface area contributed by atoms with Gasteiger partial charge in [0.05, 0.1) is 5.41 Å². The minimum absolute atomic E-state index is 0.0308. The highest BCUT2D eigenvalue weighted by atomic mass is 32.2. The number of carbonyl (C=O) groups is 2. The zero-order chi connectivity index (χ0) is 15.2. The van der Waals surface area contributed by atoms with Gasteiger partial charge < -0.3 is 10.4 Å². The Bertz CT molecular complexity index is 375. The minimum atomic E-state index is -0.972. The third kappa shape index (κ3) is 5.23. The van der Waals surface area contributed by atoms with Crippen LogP contribution in [-0.4, -0.2) is 39.2 Å². The zero-order valence-electron chi connectivity index (χ0n) is 12.3. The molecule has 116 valence electrons. The lowest BCUT2D eigenvalue weighted by molar-refractivity contribution is -0.153. The molecular formula is C14H25NO4S. The van der Waals surface area contributed by atoms with Crippen molar-refractivity contribution in [2.75, 3.05) is 12.0 Å². The van der Waals surface area contributed by atoms with Gasteiger partial charge in [0, 0.05) is 35.3 Å². The Morgan fingerprint density at radius 3 is 2.25 bits per heavy atom. The van der Waals surface area contributed by atoms with E-state index in [-0.39, 0.29) is 18.4 Å². The molecule has 0 spiro atoms. The average Bonchev–Trinajstić information content (AvgIpc) is 2.53. The van der Waals surface area contributed by atoms with Crippen molar-refractivity contribution in [1.82, 2.24) is 5.32 Å². The summed E-state index contributed by atoms with van der Waals surface area (Å²) in [6.07, 6.45) is 6.59. The van der Waals surface area contributed by atoms with Crippen LogP contribution in [0.1, 0.15) is 51.9 Å². The smallest absolute Gasteiger partial charge is 0.310 e. The lowest BCUT2D eigenvalue weighted by Gasteiger charge is -2.28. The summed E-state index contributed by atoms with van der Waals surface area (Å²) in [5.74, 6) is -0.709. The van der Waals surface area contributed by atoms with Gasteiger partial charge in [0.2, 0.25) is 5.91 Å². The van der Waals surface area contributed by atoms with Gasteiger partial charge in [-0.15, -0.1) is 0 Å². The molecule has 0 radical (unpaired) electrons. The number of nitrogens with one attached hydrogen (secondary N) is 1. The first kappa shape index (κ1) is 17.1. The Balaban J connectivity index is 2.63. The van der Waals surface area contributed by atoms with E-state index in [2.05, 4.69) is 5.32 Å². The van der Waals surface area contributed by atoms with Crippen molar-refractivity contribution < 1.29 is 18.9 Å². The molecule has 0 saturated heterocycles. The highest BCUT2D eigenvalue weighted by Gasteiger charge is 2.40. The molecule has 5 nitrogen and oxygen atoms in total. The number of hydrogen-bond donors (Lipinski definition) is 2. The highest BCUT2D eigenvalue weighted by Crippen LogP contribution is 2.38. The van der Waals surface area contributed by atoms with E-state index in [0.29, 0.717) is 18.6 Å². The molecule has 1 rings (SSSR count). The highest BCUT2D eigenvalue weighted by molar-refractivity contribution is 7.84. The monoisotopic (exact) mass is 303 g/mol. The maximum absolute atomic E-state index is 12.1. The van der Waals surface area contributed by atoms with E-state index in [1.807, 2.05) is 0 Å². The molecule has 6 heteroatoms. The Kier molecular flexibility index (Phi) is 6.65. The lowest BCUT2D eigenvalue weighted by atomic mass is 9.77. The number of aliphatic carboxylic acids is 1. The number of hydrogen-bond acceptors (Lipinski definition) is 3. The van der Waals surface area contributed by atoms with Gasteiger partial charge in [-0.05, 0) is 19.8 Å². The molecule has 1 aliphatic carbocycles. The van der Waals surface area contributed by atoms with Crippen molar-refractivity contribution >= 4 is 22.7 Å². The average molecular weight is 303 g/mol. The van der Waals surface area contributed by atoms with Crippen LogP contribution in [0.2, 0.25) is 0 Å². The Labute approximate surface area is 123 Å². The second-order valence-corrected chi connectivity index (χ2v) is 7.36. The molecule has 0 bridgehead atoms. The molecule has 2 atom stereocenters. The van der Waals surface area contributed by atoms with Crippen molar-refractivity contribution in [3.05, 3.63) is 0 Å². The van der Waals surface area contributed by atoms with E-state index in [9.17, 15) is 18.9 Å². The first-order chi connectivity index (χ1) is 9.35. The standard InChI is InChI=1S/C14H25NO4S/c1-11(10-20(2)19)15-12(16)9-14(13(17)18)7-5-3-4-6-8-14/h11H,3-10H2,1-2H3,(H,15,16)(H,17,18).